The second-order valence-corrected chi connectivity index (χ2v) is 6.47. The summed E-state index contributed by atoms with van der Waals surface area (Å²) in [5.41, 5.74) is -1.62. The van der Waals surface area contributed by atoms with Crippen LogP contribution < -0.4 is 0 Å². The monoisotopic (exact) mass is 264 g/mol. The SMILES string of the molecule is C=C1C(=O)O[C@@H]2CC[C@H](C)[C@]3(O)CCC(=O)[C@@]3(C)[C@H]12. The molecule has 0 aromatic carbocycles. The Kier molecular flexibility index (Phi) is 2.50. The van der Waals surface area contributed by atoms with E-state index < -0.39 is 17.0 Å². The van der Waals surface area contributed by atoms with Crippen molar-refractivity contribution in [3.05, 3.63) is 12.2 Å². The lowest BCUT2D eigenvalue weighted by Crippen LogP contribution is -2.54. The smallest absolute Gasteiger partial charge is 0.334 e. The molecule has 0 aromatic heterocycles. The van der Waals surface area contributed by atoms with Gasteiger partial charge >= 0.3 is 5.97 Å². The van der Waals surface area contributed by atoms with E-state index in [1.165, 1.54) is 0 Å². The van der Waals surface area contributed by atoms with Gasteiger partial charge in [-0.05, 0) is 32.1 Å². The van der Waals surface area contributed by atoms with Crippen molar-refractivity contribution in [2.75, 3.05) is 0 Å². The van der Waals surface area contributed by atoms with Crippen LogP contribution in [0.5, 0.6) is 0 Å². The fourth-order valence-corrected chi connectivity index (χ4v) is 4.50. The molecular weight excluding hydrogens is 244 g/mol. The summed E-state index contributed by atoms with van der Waals surface area (Å²) >= 11 is 0. The van der Waals surface area contributed by atoms with Crippen LogP contribution in [0, 0.1) is 17.3 Å². The molecule has 5 atom stereocenters. The van der Waals surface area contributed by atoms with Crippen molar-refractivity contribution in [3.8, 4) is 0 Å². The van der Waals surface area contributed by atoms with Crippen molar-refractivity contribution in [2.24, 2.45) is 17.3 Å². The predicted molar refractivity (Wildman–Crippen MR) is 68.2 cm³/mol. The zero-order valence-electron chi connectivity index (χ0n) is 11.4. The fraction of sp³-hybridized carbons (Fsp3) is 0.733. The highest BCUT2D eigenvalue weighted by Gasteiger charge is 2.67. The molecule has 0 aromatic rings. The molecule has 1 heterocycles. The summed E-state index contributed by atoms with van der Waals surface area (Å²) in [4.78, 5) is 24.2. The van der Waals surface area contributed by atoms with Crippen molar-refractivity contribution >= 4 is 11.8 Å². The van der Waals surface area contributed by atoms with Gasteiger partial charge in [0.2, 0.25) is 0 Å². The summed E-state index contributed by atoms with van der Waals surface area (Å²) in [5.74, 6) is -0.711. The number of hydrogen-bond acceptors (Lipinski definition) is 4. The van der Waals surface area contributed by atoms with Gasteiger partial charge in [-0.2, -0.15) is 0 Å². The van der Waals surface area contributed by atoms with E-state index in [1.54, 1.807) is 6.92 Å². The van der Waals surface area contributed by atoms with E-state index in [9.17, 15) is 14.7 Å². The number of aliphatic hydroxyl groups is 1. The predicted octanol–water partition coefficient (Wildman–Crippen LogP) is 1.61. The Balaban J connectivity index is 2.17. The van der Waals surface area contributed by atoms with E-state index in [0.29, 0.717) is 24.8 Å². The maximum absolute atomic E-state index is 12.5. The number of carbonyl (C=O) groups is 2. The zero-order valence-corrected chi connectivity index (χ0v) is 11.4. The molecule has 1 aliphatic heterocycles. The van der Waals surface area contributed by atoms with E-state index in [4.69, 9.17) is 4.74 Å². The van der Waals surface area contributed by atoms with Gasteiger partial charge in [-0.25, -0.2) is 4.79 Å². The molecule has 1 N–H and O–H groups in total. The number of rotatable bonds is 0. The van der Waals surface area contributed by atoms with Crippen LogP contribution in [0.3, 0.4) is 0 Å². The minimum Gasteiger partial charge on any atom is -0.458 e. The van der Waals surface area contributed by atoms with Gasteiger partial charge in [0.15, 0.2) is 0 Å². The van der Waals surface area contributed by atoms with Crippen LogP contribution in [0.4, 0.5) is 0 Å². The number of fused-ring (bicyclic) bond motifs is 3. The van der Waals surface area contributed by atoms with E-state index in [-0.39, 0.29) is 23.7 Å². The highest BCUT2D eigenvalue weighted by molar-refractivity contribution is 5.96. The van der Waals surface area contributed by atoms with Crippen LogP contribution >= 0.6 is 0 Å². The Hall–Kier alpha value is -1.16. The summed E-state index contributed by atoms with van der Waals surface area (Å²) in [5, 5.41) is 11.1. The third kappa shape index (κ3) is 1.33. The molecule has 1 saturated heterocycles. The molecule has 0 amide bonds. The maximum atomic E-state index is 12.5. The van der Waals surface area contributed by atoms with Crippen LogP contribution in [0.1, 0.15) is 39.5 Å². The van der Waals surface area contributed by atoms with E-state index in [1.807, 2.05) is 6.92 Å². The molecule has 0 bridgehead atoms. The Morgan fingerprint density at radius 2 is 2.05 bits per heavy atom. The normalized spacial score (nSPS) is 49.6. The van der Waals surface area contributed by atoms with Gasteiger partial charge in [0.25, 0.3) is 0 Å². The Morgan fingerprint density at radius 3 is 2.74 bits per heavy atom. The molecular formula is C15H20O4. The van der Waals surface area contributed by atoms with E-state index >= 15 is 0 Å². The number of ether oxygens (including phenoxy) is 1. The highest BCUT2D eigenvalue weighted by atomic mass is 16.6. The Labute approximate surface area is 112 Å². The topological polar surface area (TPSA) is 63.6 Å². The van der Waals surface area contributed by atoms with E-state index in [0.717, 1.165) is 6.42 Å². The second-order valence-electron chi connectivity index (χ2n) is 6.47. The number of esters is 1. The quantitative estimate of drug-likeness (QED) is 0.533. The summed E-state index contributed by atoms with van der Waals surface area (Å²) in [6.07, 6.45) is 2.02. The van der Waals surface area contributed by atoms with Crippen LogP contribution in [0.2, 0.25) is 0 Å². The van der Waals surface area contributed by atoms with Gasteiger partial charge < -0.3 is 9.84 Å². The van der Waals surface area contributed by atoms with E-state index in [2.05, 4.69) is 6.58 Å². The van der Waals surface area contributed by atoms with Gasteiger partial charge in [-0.1, -0.05) is 13.5 Å². The molecule has 4 heteroatoms. The molecule has 3 fully saturated rings. The summed E-state index contributed by atoms with van der Waals surface area (Å²) < 4.78 is 5.37. The fourth-order valence-electron chi connectivity index (χ4n) is 4.50. The largest absolute Gasteiger partial charge is 0.458 e. The third-order valence-electron chi connectivity index (χ3n) is 5.80. The van der Waals surface area contributed by atoms with Crippen molar-refractivity contribution in [2.45, 2.75) is 51.2 Å². The molecule has 4 nitrogen and oxygen atoms in total. The minimum absolute atomic E-state index is 0.0288. The van der Waals surface area contributed by atoms with Crippen molar-refractivity contribution in [1.82, 2.24) is 0 Å². The van der Waals surface area contributed by atoms with Crippen molar-refractivity contribution in [1.29, 1.82) is 0 Å². The molecule has 19 heavy (non-hydrogen) atoms. The average Bonchev–Trinajstić information content (AvgIpc) is 2.75. The number of Topliss-reactive ketones (excluding diaryl/α,β-unsaturated/α-hetero) is 1. The van der Waals surface area contributed by atoms with Crippen LogP contribution in [0.25, 0.3) is 0 Å². The first-order valence-electron chi connectivity index (χ1n) is 6.98. The van der Waals surface area contributed by atoms with Gasteiger partial charge in [0, 0.05) is 17.9 Å². The molecule has 3 rings (SSSR count). The number of carbonyl (C=O) groups excluding carboxylic acids is 2. The summed E-state index contributed by atoms with van der Waals surface area (Å²) in [6.45, 7) is 7.61. The number of ketones is 1. The summed E-state index contributed by atoms with van der Waals surface area (Å²) in [7, 11) is 0. The first kappa shape index (κ1) is 12.9. The summed E-state index contributed by atoms with van der Waals surface area (Å²) in [6, 6.07) is 0. The molecule has 2 saturated carbocycles. The highest BCUT2D eigenvalue weighted by Crippen LogP contribution is 2.60. The first-order valence-corrected chi connectivity index (χ1v) is 6.98. The van der Waals surface area contributed by atoms with Crippen LogP contribution in [-0.2, 0) is 14.3 Å². The van der Waals surface area contributed by atoms with Gasteiger partial charge in [0.1, 0.15) is 11.9 Å². The average molecular weight is 264 g/mol. The van der Waals surface area contributed by atoms with Crippen LogP contribution in [0.15, 0.2) is 12.2 Å². The molecule has 0 unspecified atom stereocenters. The lowest BCUT2D eigenvalue weighted by Gasteiger charge is -2.44. The van der Waals surface area contributed by atoms with Crippen LogP contribution in [-0.4, -0.2) is 28.6 Å². The third-order valence-corrected chi connectivity index (χ3v) is 5.80. The van der Waals surface area contributed by atoms with Gasteiger partial charge in [0.05, 0.1) is 11.0 Å². The molecule has 104 valence electrons. The first-order chi connectivity index (χ1) is 8.82. The standard InChI is InChI=1S/C15H20O4/c1-8-4-5-10-12(9(2)13(17)19-10)14(3)11(16)6-7-15(8,14)18/h8,10,12,18H,2,4-7H2,1,3H3/t8-,10+,12+,14-,15+/m0/s1. The second kappa shape index (κ2) is 3.69. The zero-order chi connectivity index (χ0) is 14.0. The lowest BCUT2D eigenvalue weighted by atomic mass is 9.61. The van der Waals surface area contributed by atoms with Gasteiger partial charge in [-0.3, -0.25) is 4.79 Å². The molecule has 2 aliphatic carbocycles. The Morgan fingerprint density at radius 1 is 1.37 bits per heavy atom. The van der Waals surface area contributed by atoms with Crippen molar-refractivity contribution in [3.63, 3.8) is 0 Å². The molecule has 0 radical (unpaired) electrons. The molecule has 3 aliphatic rings. The minimum atomic E-state index is -1.04. The maximum Gasteiger partial charge on any atom is 0.334 e. The lowest BCUT2D eigenvalue weighted by molar-refractivity contribution is -0.150. The number of hydrogen-bond donors (Lipinski definition) is 1. The molecule has 0 spiro atoms. The van der Waals surface area contributed by atoms with Gasteiger partial charge in [-0.15, -0.1) is 0 Å². The van der Waals surface area contributed by atoms with Crippen molar-refractivity contribution < 1.29 is 19.4 Å². The Bertz CT molecular complexity index is 483.